The van der Waals surface area contributed by atoms with Crippen LogP contribution >= 0.6 is 11.8 Å². The normalized spacial score (nSPS) is 10.8. The largest absolute Gasteiger partial charge is 0.494 e. The lowest BCUT2D eigenvalue weighted by molar-refractivity contribution is -0.113. The SMILES string of the molecule is CCOc1ccc(-n2c(Cc3ccccc3)nnc2SCC(=O)Nc2cc(C)cc(C)c2)cc1. The Morgan fingerprint density at radius 2 is 1.68 bits per heavy atom. The fourth-order valence-electron chi connectivity index (χ4n) is 3.78. The first kappa shape index (κ1) is 23.6. The van der Waals surface area contributed by atoms with Crippen LogP contribution in [0, 0.1) is 13.8 Å². The third kappa shape index (κ3) is 6.05. The molecule has 6 nitrogen and oxygen atoms in total. The number of amides is 1. The Bertz CT molecular complexity index is 1230. The molecule has 1 aromatic heterocycles. The van der Waals surface area contributed by atoms with Gasteiger partial charge in [0, 0.05) is 17.8 Å². The molecule has 1 heterocycles. The average molecular weight is 473 g/mol. The molecule has 0 saturated heterocycles. The number of anilines is 1. The van der Waals surface area contributed by atoms with Gasteiger partial charge in [0.15, 0.2) is 5.16 Å². The minimum atomic E-state index is -0.0825. The van der Waals surface area contributed by atoms with Crippen molar-refractivity contribution in [1.29, 1.82) is 0 Å². The molecule has 0 aliphatic rings. The number of ether oxygens (including phenoxy) is 1. The van der Waals surface area contributed by atoms with E-state index in [0.29, 0.717) is 18.2 Å². The Morgan fingerprint density at radius 3 is 2.35 bits per heavy atom. The fourth-order valence-corrected chi connectivity index (χ4v) is 4.55. The van der Waals surface area contributed by atoms with Gasteiger partial charge in [0.25, 0.3) is 0 Å². The standard InChI is InChI=1S/C27H28N4O2S/c1-4-33-24-12-10-23(11-13-24)31-25(17-21-8-6-5-7-9-21)29-30-27(31)34-18-26(32)28-22-15-19(2)14-20(3)16-22/h5-16H,4,17-18H2,1-3H3,(H,28,32). The highest BCUT2D eigenvalue weighted by Gasteiger charge is 2.17. The van der Waals surface area contributed by atoms with E-state index in [0.717, 1.165) is 39.6 Å². The number of nitrogens with one attached hydrogen (secondary N) is 1. The van der Waals surface area contributed by atoms with Gasteiger partial charge in [-0.25, -0.2) is 0 Å². The second kappa shape index (κ2) is 11.0. The first-order valence-electron chi connectivity index (χ1n) is 11.2. The molecular formula is C27H28N4O2S. The quantitative estimate of drug-likeness (QED) is 0.321. The van der Waals surface area contributed by atoms with Crippen LogP contribution in [0.25, 0.3) is 5.69 Å². The molecule has 1 amide bonds. The van der Waals surface area contributed by atoms with Crippen molar-refractivity contribution in [3.8, 4) is 11.4 Å². The first-order chi connectivity index (χ1) is 16.5. The van der Waals surface area contributed by atoms with Crippen molar-refractivity contribution in [2.45, 2.75) is 32.3 Å². The zero-order valence-corrected chi connectivity index (χ0v) is 20.4. The van der Waals surface area contributed by atoms with Gasteiger partial charge >= 0.3 is 0 Å². The number of nitrogens with zero attached hydrogens (tertiary/aromatic N) is 3. The van der Waals surface area contributed by atoms with E-state index >= 15 is 0 Å². The van der Waals surface area contributed by atoms with E-state index in [-0.39, 0.29) is 11.7 Å². The molecule has 0 unspecified atom stereocenters. The lowest BCUT2D eigenvalue weighted by Gasteiger charge is -2.12. The van der Waals surface area contributed by atoms with Gasteiger partial charge in [0.2, 0.25) is 5.91 Å². The maximum atomic E-state index is 12.7. The van der Waals surface area contributed by atoms with Gasteiger partial charge in [0.05, 0.1) is 12.4 Å². The minimum absolute atomic E-state index is 0.0825. The second-order valence-electron chi connectivity index (χ2n) is 8.04. The van der Waals surface area contributed by atoms with Crippen LogP contribution in [0.1, 0.15) is 29.4 Å². The smallest absolute Gasteiger partial charge is 0.234 e. The van der Waals surface area contributed by atoms with Crippen LogP contribution in [0.5, 0.6) is 5.75 Å². The molecule has 7 heteroatoms. The van der Waals surface area contributed by atoms with Crippen LogP contribution in [0.4, 0.5) is 5.69 Å². The molecule has 0 aliphatic carbocycles. The van der Waals surface area contributed by atoms with Gasteiger partial charge in [-0.05, 0) is 73.9 Å². The van der Waals surface area contributed by atoms with Crippen LogP contribution in [-0.4, -0.2) is 33.0 Å². The van der Waals surface area contributed by atoms with Crippen molar-refractivity contribution in [3.05, 3.63) is 95.3 Å². The van der Waals surface area contributed by atoms with Crippen molar-refractivity contribution in [2.75, 3.05) is 17.7 Å². The molecule has 3 aromatic carbocycles. The fraction of sp³-hybridized carbons (Fsp3) is 0.222. The molecule has 0 atom stereocenters. The Kier molecular flexibility index (Phi) is 7.65. The van der Waals surface area contributed by atoms with E-state index < -0.39 is 0 Å². The van der Waals surface area contributed by atoms with E-state index in [1.165, 1.54) is 11.8 Å². The molecule has 4 rings (SSSR count). The summed E-state index contributed by atoms with van der Waals surface area (Å²) in [7, 11) is 0. The third-order valence-corrected chi connectivity index (χ3v) is 6.08. The molecule has 4 aromatic rings. The maximum Gasteiger partial charge on any atom is 0.234 e. The number of carbonyl (C=O) groups excluding carboxylic acids is 1. The summed E-state index contributed by atoms with van der Waals surface area (Å²) in [6.45, 7) is 6.61. The van der Waals surface area contributed by atoms with Crippen LogP contribution in [-0.2, 0) is 11.2 Å². The zero-order valence-electron chi connectivity index (χ0n) is 19.6. The van der Waals surface area contributed by atoms with Gasteiger partial charge in [0.1, 0.15) is 11.6 Å². The van der Waals surface area contributed by atoms with Crippen molar-refractivity contribution < 1.29 is 9.53 Å². The van der Waals surface area contributed by atoms with Gasteiger partial charge < -0.3 is 10.1 Å². The number of carbonyl (C=O) groups is 1. The monoisotopic (exact) mass is 472 g/mol. The number of benzene rings is 3. The minimum Gasteiger partial charge on any atom is -0.494 e. The average Bonchev–Trinajstić information content (AvgIpc) is 3.21. The summed E-state index contributed by atoms with van der Waals surface area (Å²) in [5, 5.41) is 12.5. The van der Waals surface area contributed by atoms with Gasteiger partial charge in [-0.2, -0.15) is 0 Å². The van der Waals surface area contributed by atoms with E-state index in [2.05, 4.69) is 33.7 Å². The zero-order chi connectivity index (χ0) is 23.9. The van der Waals surface area contributed by atoms with Crippen LogP contribution < -0.4 is 10.1 Å². The molecule has 0 radical (unpaired) electrons. The van der Waals surface area contributed by atoms with E-state index in [4.69, 9.17) is 4.74 Å². The molecule has 0 aliphatic heterocycles. The molecule has 34 heavy (non-hydrogen) atoms. The lowest BCUT2D eigenvalue weighted by Crippen LogP contribution is -2.15. The van der Waals surface area contributed by atoms with Crippen molar-refractivity contribution >= 4 is 23.4 Å². The molecule has 0 bridgehead atoms. The number of aromatic nitrogens is 3. The topological polar surface area (TPSA) is 69.0 Å². The molecule has 1 N–H and O–H groups in total. The lowest BCUT2D eigenvalue weighted by atomic mass is 10.1. The number of hydrogen-bond acceptors (Lipinski definition) is 5. The Morgan fingerprint density at radius 1 is 0.971 bits per heavy atom. The van der Waals surface area contributed by atoms with Crippen molar-refractivity contribution in [1.82, 2.24) is 14.8 Å². The number of hydrogen-bond donors (Lipinski definition) is 1. The molecular weight excluding hydrogens is 444 g/mol. The third-order valence-electron chi connectivity index (χ3n) is 5.15. The van der Waals surface area contributed by atoms with Gasteiger partial charge in [-0.1, -0.05) is 48.2 Å². The summed E-state index contributed by atoms with van der Waals surface area (Å²) in [6, 6.07) is 24.0. The molecule has 174 valence electrons. The Labute approximate surface area is 204 Å². The van der Waals surface area contributed by atoms with E-state index in [1.54, 1.807) is 0 Å². The summed E-state index contributed by atoms with van der Waals surface area (Å²) >= 11 is 1.37. The van der Waals surface area contributed by atoms with Crippen molar-refractivity contribution in [3.63, 3.8) is 0 Å². The summed E-state index contributed by atoms with van der Waals surface area (Å²) in [6.07, 6.45) is 0.635. The Hall–Kier alpha value is -3.58. The maximum absolute atomic E-state index is 12.7. The highest BCUT2D eigenvalue weighted by molar-refractivity contribution is 7.99. The van der Waals surface area contributed by atoms with Crippen LogP contribution in [0.3, 0.4) is 0 Å². The molecule has 0 spiro atoms. The predicted molar refractivity (Wildman–Crippen MR) is 137 cm³/mol. The summed E-state index contributed by atoms with van der Waals surface area (Å²) in [4.78, 5) is 12.7. The second-order valence-corrected chi connectivity index (χ2v) is 8.98. The highest BCUT2D eigenvalue weighted by atomic mass is 32.2. The van der Waals surface area contributed by atoms with E-state index in [9.17, 15) is 4.79 Å². The summed E-state index contributed by atoms with van der Waals surface area (Å²) < 4.78 is 7.60. The van der Waals surface area contributed by atoms with Crippen LogP contribution in [0.2, 0.25) is 0 Å². The first-order valence-corrected chi connectivity index (χ1v) is 12.2. The summed E-state index contributed by atoms with van der Waals surface area (Å²) in [5.41, 5.74) is 5.11. The molecule has 0 saturated carbocycles. The van der Waals surface area contributed by atoms with Crippen molar-refractivity contribution in [2.24, 2.45) is 0 Å². The molecule has 0 fully saturated rings. The number of thioether (sulfide) groups is 1. The number of aryl methyl sites for hydroxylation is 2. The summed E-state index contributed by atoms with van der Waals surface area (Å²) in [5.74, 6) is 1.77. The predicted octanol–water partition coefficient (Wildman–Crippen LogP) is 5.60. The highest BCUT2D eigenvalue weighted by Crippen LogP contribution is 2.25. The number of rotatable bonds is 9. The van der Waals surface area contributed by atoms with Crippen LogP contribution in [0.15, 0.2) is 78.0 Å². The van der Waals surface area contributed by atoms with Gasteiger partial charge in [-0.3, -0.25) is 9.36 Å². The Balaban J connectivity index is 1.55. The van der Waals surface area contributed by atoms with E-state index in [1.807, 2.05) is 79.9 Å². The van der Waals surface area contributed by atoms with Gasteiger partial charge in [-0.15, -0.1) is 10.2 Å².